The Hall–Kier alpha value is -3.72. The highest BCUT2D eigenvalue weighted by Crippen LogP contribution is 2.30. The minimum atomic E-state index is -0.978. The van der Waals surface area contributed by atoms with Crippen molar-refractivity contribution in [3.05, 3.63) is 65.9 Å². The number of para-hydroxylation sites is 1. The van der Waals surface area contributed by atoms with Crippen LogP contribution in [0, 0.1) is 6.92 Å². The maximum atomic E-state index is 12.2. The van der Waals surface area contributed by atoms with Gasteiger partial charge in [-0.3, -0.25) is 14.2 Å². The number of rotatable bonds is 6. The van der Waals surface area contributed by atoms with Gasteiger partial charge in [0, 0.05) is 11.3 Å². The van der Waals surface area contributed by atoms with Crippen LogP contribution in [0.15, 0.2) is 59.8 Å². The summed E-state index contributed by atoms with van der Waals surface area (Å²) in [5.41, 5.74) is 8.74. The normalized spacial score (nSPS) is 11.0. The molecule has 0 radical (unpaired) electrons. The fourth-order valence-electron chi connectivity index (χ4n) is 2.97. The molecule has 9 heteroatoms. The van der Waals surface area contributed by atoms with E-state index in [2.05, 4.69) is 15.0 Å². The third kappa shape index (κ3) is 3.74. The Morgan fingerprint density at radius 1 is 1.03 bits per heavy atom. The second-order valence-electron chi connectivity index (χ2n) is 6.55. The molecule has 0 aliphatic rings. The van der Waals surface area contributed by atoms with E-state index in [9.17, 15) is 9.59 Å². The predicted molar refractivity (Wildman–Crippen MR) is 114 cm³/mol. The van der Waals surface area contributed by atoms with Gasteiger partial charge in [-0.2, -0.15) is 0 Å². The zero-order valence-electron chi connectivity index (χ0n) is 15.9. The first-order chi connectivity index (χ1) is 14.4. The standard InChI is InChI=1S/C21H17N5O3S/c1-12-7-9-13(10-8-12)19-23-16(18(22)29)17-20(25-19)26(14-5-3-2-4-6-14)21(24-17)30-11-15(27)28/h2-10H,11H2,1H3,(H2,22,29)(H,27,28). The molecule has 0 atom stereocenters. The van der Waals surface area contributed by atoms with Crippen LogP contribution in [0.5, 0.6) is 0 Å². The number of primary amides is 1. The Bertz CT molecular complexity index is 1250. The van der Waals surface area contributed by atoms with Gasteiger partial charge >= 0.3 is 5.97 Å². The Balaban J connectivity index is 2.01. The number of carbonyl (C=O) groups excluding carboxylic acids is 1. The summed E-state index contributed by atoms with van der Waals surface area (Å²) in [6.07, 6.45) is 0. The number of imidazole rings is 1. The van der Waals surface area contributed by atoms with E-state index in [0.717, 1.165) is 28.6 Å². The maximum Gasteiger partial charge on any atom is 0.313 e. The van der Waals surface area contributed by atoms with Gasteiger partial charge < -0.3 is 10.8 Å². The predicted octanol–water partition coefficient (Wildman–Crippen LogP) is 3.07. The number of benzene rings is 2. The number of nitrogens with zero attached hydrogens (tertiary/aromatic N) is 4. The number of hydrogen-bond donors (Lipinski definition) is 2. The minimum absolute atomic E-state index is 0.0116. The average Bonchev–Trinajstić information content (AvgIpc) is 3.11. The number of aliphatic carboxylic acids is 1. The third-order valence-corrected chi connectivity index (χ3v) is 5.28. The number of carboxylic acids is 1. The van der Waals surface area contributed by atoms with E-state index in [0.29, 0.717) is 16.6 Å². The lowest BCUT2D eigenvalue weighted by atomic mass is 10.1. The molecular formula is C21H17N5O3S. The molecule has 0 aliphatic carbocycles. The van der Waals surface area contributed by atoms with E-state index >= 15 is 0 Å². The molecule has 3 N–H and O–H groups in total. The van der Waals surface area contributed by atoms with Crippen LogP contribution in [0.1, 0.15) is 16.1 Å². The summed E-state index contributed by atoms with van der Waals surface area (Å²) in [7, 11) is 0. The summed E-state index contributed by atoms with van der Waals surface area (Å²) in [5.74, 6) is -1.57. The molecule has 0 fully saturated rings. The highest BCUT2D eigenvalue weighted by molar-refractivity contribution is 7.99. The van der Waals surface area contributed by atoms with Crippen LogP contribution in [0.25, 0.3) is 28.2 Å². The molecule has 30 heavy (non-hydrogen) atoms. The van der Waals surface area contributed by atoms with Gasteiger partial charge in [0.25, 0.3) is 5.91 Å². The number of amides is 1. The zero-order valence-corrected chi connectivity index (χ0v) is 16.8. The average molecular weight is 419 g/mol. The summed E-state index contributed by atoms with van der Waals surface area (Å²) in [6, 6.07) is 16.9. The van der Waals surface area contributed by atoms with Crippen molar-refractivity contribution in [2.75, 3.05) is 5.75 Å². The molecule has 0 saturated heterocycles. The summed E-state index contributed by atoms with van der Waals surface area (Å²) in [6.45, 7) is 1.97. The van der Waals surface area contributed by atoms with E-state index < -0.39 is 11.9 Å². The molecule has 4 aromatic rings. The van der Waals surface area contributed by atoms with Crippen molar-refractivity contribution < 1.29 is 14.7 Å². The molecular weight excluding hydrogens is 402 g/mol. The molecule has 2 aromatic carbocycles. The molecule has 4 rings (SSSR count). The fourth-order valence-corrected chi connectivity index (χ4v) is 3.70. The number of aromatic nitrogens is 4. The van der Waals surface area contributed by atoms with Crippen LogP contribution < -0.4 is 5.73 Å². The van der Waals surface area contributed by atoms with E-state index in [1.165, 1.54) is 0 Å². The van der Waals surface area contributed by atoms with E-state index in [4.69, 9.17) is 10.8 Å². The molecule has 8 nitrogen and oxygen atoms in total. The smallest absolute Gasteiger partial charge is 0.313 e. The monoisotopic (exact) mass is 419 g/mol. The van der Waals surface area contributed by atoms with Crippen LogP contribution in [0.3, 0.4) is 0 Å². The van der Waals surface area contributed by atoms with Crippen molar-refractivity contribution in [3.8, 4) is 17.1 Å². The fraction of sp³-hybridized carbons (Fsp3) is 0.0952. The molecule has 0 aliphatic heterocycles. The topological polar surface area (TPSA) is 124 Å². The zero-order chi connectivity index (χ0) is 21.3. The van der Waals surface area contributed by atoms with Crippen LogP contribution in [-0.4, -0.2) is 42.3 Å². The SMILES string of the molecule is Cc1ccc(-c2nc(C(N)=O)c3nc(SCC(=O)O)n(-c4ccccc4)c3n2)cc1. The number of carbonyl (C=O) groups is 2. The van der Waals surface area contributed by atoms with Gasteiger partial charge in [0.15, 0.2) is 22.3 Å². The van der Waals surface area contributed by atoms with Crippen molar-refractivity contribution in [1.29, 1.82) is 0 Å². The second kappa shape index (κ2) is 7.96. The van der Waals surface area contributed by atoms with Crippen molar-refractivity contribution in [2.45, 2.75) is 12.1 Å². The molecule has 2 heterocycles. The molecule has 2 aromatic heterocycles. The van der Waals surface area contributed by atoms with Crippen LogP contribution in [0.2, 0.25) is 0 Å². The number of carboxylic acid groups (broad SMARTS) is 1. The van der Waals surface area contributed by atoms with Gasteiger partial charge in [-0.15, -0.1) is 0 Å². The van der Waals surface area contributed by atoms with Gasteiger partial charge in [0.05, 0.1) is 5.75 Å². The Kier molecular flexibility index (Phi) is 5.20. The summed E-state index contributed by atoms with van der Waals surface area (Å²) in [4.78, 5) is 36.8. The Morgan fingerprint density at radius 2 is 1.73 bits per heavy atom. The van der Waals surface area contributed by atoms with E-state index in [-0.39, 0.29) is 17.0 Å². The van der Waals surface area contributed by atoms with Gasteiger partial charge in [-0.1, -0.05) is 59.8 Å². The van der Waals surface area contributed by atoms with Crippen LogP contribution >= 0.6 is 11.8 Å². The third-order valence-electron chi connectivity index (χ3n) is 4.36. The summed E-state index contributed by atoms with van der Waals surface area (Å²) >= 11 is 1.03. The molecule has 150 valence electrons. The van der Waals surface area contributed by atoms with E-state index in [1.807, 2.05) is 61.5 Å². The van der Waals surface area contributed by atoms with Crippen molar-refractivity contribution in [1.82, 2.24) is 19.5 Å². The molecule has 0 unspecified atom stereocenters. The van der Waals surface area contributed by atoms with E-state index in [1.54, 1.807) is 4.57 Å². The molecule has 1 amide bonds. The Labute approximate surface area is 175 Å². The van der Waals surface area contributed by atoms with Gasteiger partial charge in [0.1, 0.15) is 5.52 Å². The first kappa shape index (κ1) is 19.6. The Morgan fingerprint density at radius 3 is 2.37 bits per heavy atom. The van der Waals surface area contributed by atoms with Crippen LogP contribution in [0.4, 0.5) is 0 Å². The maximum absolute atomic E-state index is 12.2. The molecule has 0 spiro atoms. The number of nitrogens with two attached hydrogens (primary N) is 1. The second-order valence-corrected chi connectivity index (χ2v) is 7.49. The van der Waals surface area contributed by atoms with Crippen molar-refractivity contribution in [2.24, 2.45) is 5.73 Å². The van der Waals surface area contributed by atoms with Crippen molar-refractivity contribution >= 4 is 34.8 Å². The first-order valence-corrected chi connectivity index (χ1v) is 10.00. The highest BCUT2D eigenvalue weighted by Gasteiger charge is 2.22. The minimum Gasteiger partial charge on any atom is -0.481 e. The lowest BCUT2D eigenvalue weighted by Crippen LogP contribution is -2.15. The van der Waals surface area contributed by atoms with Gasteiger partial charge in [0.2, 0.25) is 0 Å². The highest BCUT2D eigenvalue weighted by atomic mass is 32.2. The molecule has 0 bridgehead atoms. The summed E-state index contributed by atoms with van der Waals surface area (Å²) in [5, 5.41) is 9.49. The molecule has 0 saturated carbocycles. The van der Waals surface area contributed by atoms with Gasteiger partial charge in [-0.25, -0.2) is 15.0 Å². The van der Waals surface area contributed by atoms with Crippen molar-refractivity contribution in [3.63, 3.8) is 0 Å². The first-order valence-electron chi connectivity index (χ1n) is 9.01. The number of fused-ring (bicyclic) bond motifs is 1. The number of aryl methyl sites for hydroxylation is 1. The lowest BCUT2D eigenvalue weighted by Gasteiger charge is -2.09. The quantitative estimate of drug-likeness (QED) is 0.460. The number of thioether (sulfide) groups is 1. The summed E-state index contributed by atoms with van der Waals surface area (Å²) < 4.78 is 1.72. The lowest BCUT2D eigenvalue weighted by molar-refractivity contribution is -0.133. The van der Waals surface area contributed by atoms with Gasteiger partial charge in [-0.05, 0) is 19.1 Å². The largest absolute Gasteiger partial charge is 0.481 e. The number of hydrogen-bond acceptors (Lipinski definition) is 6. The van der Waals surface area contributed by atoms with Crippen LogP contribution in [-0.2, 0) is 4.79 Å².